The van der Waals surface area contributed by atoms with Gasteiger partial charge in [-0.1, -0.05) is 36.4 Å². The Morgan fingerprint density at radius 3 is 2.20 bits per heavy atom. The molecule has 0 unspecified atom stereocenters. The van der Waals surface area contributed by atoms with Crippen molar-refractivity contribution in [3.05, 3.63) is 66.2 Å². The molecule has 9 N–H and O–H groups in total. The minimum Gasteiger partial charge on any atom is -0.351 e. The average Bonchev–Trinajstić information content (AvgIpc) is 3.53. The van der Waals surface area contributed by atoms with Crippen molar-refractivity contribution < 1.29 is 24.0 Å². The summed E-state index contributed by atoms with van der Waals surface area (Å²) in [4.78, 5) is 74.4. The molecule has 0 aliphatic rings. The van der Waals surface area contributed by atoms with Crippen LogP contribution in [0, 0.1) is 0 Å². The summed E-state index contributed by atoms with van der Waals surface area (Å²) < 4.78 is 0. The van der Waals surface area contributed by atoms with Gasteiger partial charge in [0.2, 0.25) is 0 Å². The molecule has 1 heterocycles. The van der Waals surface area contributed by atoms with Gasteiger partial charge in [-0.05, 0) is 56.1 Å². The van der Waals surface area contributed by atoms with Crippen molar-refractivity contribution in [1.82, 2.24) is 40.6 Å². The number of fused-ring (bicyclic) bond motifs is 1. The Morgan fingerprint density at radius 2 is 1.59 bits per heavy atom. The minimum atomic E-state index is -1.31. The fourth-order valence-corrected chi connectivity index (χ4v) is 4.31. The highest BCUT2D eigenvalue weighted by Gasteiger charge is 2.29. The molecule has 3 aromatic rings. The number of amides is 7. The monoisotopic (exact) mass is 637 g/mol. The number of benzene rings is 2. The van der Waals surface area contributed by atoms with Crippen molar-refractivity contribution in [2.24, 2.45) is 17.2 Å². The Balaban J connectivity index is 1.88. The Morgan fingerprint density at radius 1 is 0.913 bits per heavy atom. The summed E-state index contributed by atoms with van der Waals surface area (Å²) in [6, 6.07) is 11.8. The Hall–Kier alpha value is -5.22. The topological polar surface area (TPSA) is 229 Å². The SMILES string of the molecule is CCN(NC(=O)N(CC(=O)N(Cc1cnc[nH]1)NC(=O)C(C)(C)N)Cc1ccc2ccccc2c1)C(=O)CN(CCCN)C(N)=O. The lowest BCUT2D eigenvalue weighted by molar-refractivity contribution is -0.144. The number of carbonyl (C=O) groups excluding carboxylic acids is 5. The quantitative estimate of drug-likeness (QED) is 0.143. The van der Waals surface area contributed by atoms with Gasteiger partial charge in [0.25, 0.3) is 17.7 Å². The number of primary amides is 1. The summed E-state index contributed by atoms with van der Waals surface area (Å²) in [6.07, 6.45) is 3.36. The number of aromatic nitrogens is 2. The van der Waals surface area contributed by atoms with Crippen LogP contribution < -0.4 is 28.1 Å². The third-order valence-corrected chi connectivity index (χ3v) is 6.92. The first-order chi connectivity index (χ1) is 21.8. The van der Waals surface area contributed by atoms with Crippen LogP contribution >= 0.6 is 0 Å². The van der Waals surface area contributed by atoms with Crippen molar-refractivity contribution in [3.63, 3.8) is 0 Å². The molecule has 0 saturated heterocycles. The summed E-state index contributed by atoms with van der Waals surface area (Å²) in [5.74, 6) is -1.86. The average molecular weight is 638 g/mol. The number of nitrogens with zero attached hydrogens (tertiary/aromatic N) is 5. The number of rotatable bonds is 13. The van der Waals surface area contributed by atoms with Crippen LogP contribution in [0.4, 0.5) is 9.59 Å². The highest BCUT2D eigenvalue weighted by Crippen LogP contribution is 2.17. The second-order valence-corrected chi connectivity index (χ2v) is 11.2. The number of carbonyl (C=O) groups is 5. The fourth-order valence-electron chi connectivity index (χ4n) is 4.31. The number of aromatic amines is 1. The van der Waals surface area contributed by atoms with Crippen LogP contribution in [0.15, 0.2) is 55.0 Å². The van der Waals surface area contributed by atoms with E-state index in [2.05, 4.69) is 20.8 Å². The molecule has 7 amide bonds. The predicted octanol–water partition coefficient (Wildman–Crippen LogP) is 0.365. The molecule has 0 radical (unpaired) electrons. The molecular weight excluding hydrogens is 594 g/mol. The van der Waals surface area contributed by atoms with Crippen molar-refractivity contribution in [3.8, 4) is 0 Å². The van der Waals surface area contributed by atoms with E-state index in [0.29, 0.717) is 24.2 Å². The Kier molecular flexibility index (Phi) is 12.4. The van der Waals surface area contributed by atoms with Crippen molar-refractivity contribution in [1.29, 1.82) is 0 Å². The molecule has 16 heteroatoms. The van der Waals surface area contributed by atoms with Crippen LogP contribution in [0.2, 0.25) is 0 Å². The predicted molar refractivity (Wildman–Crippen MR) is 171 cm³/mol. The first-order valence-electron chi connectivity index (χ1n) is 14.8. The zero-order valence-corrected chi connectivity index (χ0v) is 26.4. The highest BCUT2D eigenvalue weighted by molar-refractivity contribution is 5.90. The highest BCUT2D eigenvalue weighted by atomic mass is 16.2. The first-order valence-corrected chi connectivity index (χ1v) is 14.8. The molecule has 0 spiro atoms. The van der Waals surface area contributed by atoms with E-state index in [4.69, 9.17) is 17.2 Å². The van der Waals surface area contributed by atoms with Gasteiger partial charge in [0.05, 0.1) is 24.1 Å². The normalized spacial score (nSPS) is 11.1. The van der Waals surface area contributed by atoms with Crippen LogP contribution in [-0.4, -0.2) is 97.8 Å². The number of imidazole rings is 1. The molecule has 0 aliphatic heterocycles. The van der Waals surface area contributed by atoms with Crippen molar-refractivity contribution >= 4 is 40.6 Å². The van der Waals surface area contributed by atoms with Crippen LogP contribution in [0.1, 0.15) is 38.4 Å². The van der Waals surface area contributed by atoms with Gasteiger partial charge in [-0.3, -0.25) is 24.8 Å². The summed E-state index contributed by atoms with van der Waals surface area (Å²) in [5, 5.41) is 4.02. The van der Waals surface area contributed by atoms with E-state index in [0.717, 1.165) is 25.7 Å². The minimum absolute atomic E-state index is 0.0215. The number of nitrogens with two attached hydrogens (primary N) is 3. The zero-order valence-electron chi connectivity index (χ0n) is 26.4. The maximum Gasteiger partial charge on any atom is 0.337 e. The van der Waals surface area contributed by atoms with E-state index >= 15 is 0 Å². The van der Waals surface area contributed by atoms with Crippen LogP contribution in [0.25, 0.3) is 10.8 Å². The van der Waals surface area contributed by atoms with E-state index < -0.39 is 41.9 Å². The maximum atomic E-state index is 13.7. The molecule has 16 nitrogen and oxygen atoms in total. The third-order valence-electron chi connectivity index (χ3n) is 6.92. The lowest BCUT2D eigenvalue weighted by Crippen LogP contribution is -2.59. The molecule has 0 atom stereocenters. The lowest BCUT2D eigenvalue weighted by atomic mass is 10.1. The maximum absolute atomic E-state index is 13.7. The lowest BCUT2D eigenvalue weighted by Gasteiger charge is -2.32. The Labute approximate surface area is 267 Å². The van der Waals surface area contributed by atoms with Crippen LogP contribution in [-0.2, 0) is 27.5 Å². The van der Waals surface area contributed by atoms with Crippen molar-refractivity contribution in [2.45, 2.75) is 45.8 Å². The van der Waals surface area contributed by atoms with E-state index in [-0.39, 0.29) is 32.7 Å². The van der Waals surface area contributed by atoms with Gasteiger partial charge in [0.15, 0.2) is 0 Å². The molecule has 248 valence electrons. The molecule has 2 aromatic carbocycles. The molecule has 0 fully saturated rings. The zero-order chi connectivity index (χ0) is 33.9. The molecule has 46 heavy (non-hydrogen) atoms. The standard InChI is InChI=1S/C30H43N11O5/c1-4-40(25(42)18-38(28(32)45)13-7-12-31)37-29(46)39(16-21-10-11-22-8-5-6-9-23(22)14-21)19-26(43)41(17-24-15-34-20-35-24)36-27(44)30(2,3)33/h5-6,8-11,14-15,20H,4,7,12-13,16-19,31,33H2,1-3H3,(H2,32,45)(H,34,35)(H,36,44)(H,37,46). The summed E-state index contributed by atoms with van der Waals surface area (Å²) in [7, 11) is 0. The molecule has 3 rings (SSSR count). The van der Waals surface area contributed by atoms with Crippen LogP contribution in [0.3, 0.4) is 0 Å². The number of H-pyrrole nitrogens is 1. The number of nitrogens with one attached hydrogen (secondary N) is 3. The molecule has 0 saturated carbocycles. The molecule has 0 aliphatic carbocycles. The summed E-state index contributed by atoms with van der Waals surface area (Å²) in [6.45, 7) is 4.16. The number of likely N-dealkylation sites (N-methyl/N-ethyl adjacent to an activating group) is 1. The van der Waals surface area contributed by atoms with E-state index in [9.17, 15) is 24.0 Å². The van der Waals surface area contributed by atoms with Gasteiger partial charge in [0.1, 0.15) is 13.1 Å². The summed E-state index contributed by atoms with van der Waals surface area (Å²) in [5.41, 5.74) is 21.9. The molecule has 0 bridgehead atoms. The fraction of sp³-hybridized carbons (Fsp3) is 0.400. The number of urea groups is 2. The smallest absolute Gasteiger partial charge is 0.337 e. The number of hydrazine groups is 2. The Bertz CT molecular complexity index is 1510. The molecule has 1 aromatic heterocycles. The van der Waals surface area contributed by atoms with E-state index in [1.165, 1.54) is 31.3 Å². The number of hydrogen-bond acceptors (Lipinski definition) is 8. The second-order valence-electron chi connectivity index (χ2n) is 11.2. The second kappa shape index (κ2) is 16.2. The van der Waals surface area contributed by atoms with Gasteiger partial charge in [0, 0.05) is 25.8 Å². The van der Waals surface area contributed by atoms with Gasteiger partial charge >= 0.3 is 12.1 Å². The van der Waals surface area contributed by atoms with Crippen LogP contribution in [0.5, 0.6) is 0 Å². The third kappa shape index (κ3) is 10.2. The van der Waals surface area contributed by atoms with Crippen molar-refractivity contribution in [2.75, 3.05) is 32.7 Å². The first kappa shape index (κ1) is 35.3. The summed E-state index contributed by atoms with van der Waals surface area (Å²) >= 11 is 0. The van der Waals surface area contributed by atoms with Gasteiger partial charge < -0.3 is 32.0 Å². The van der Waals surface area contributed by atoms with E-state index in [1.54, 1.807) is 6.92 Å². The largest absolute Gasteiger partial charge is 0.351 e. The number of hydrogen-bond donors (Lipinski definition) is 6. The molecular formula is C30H43N11O5. The van der Waals surface area contributed by atoms with Gasteiger partial charge in [-0.25, -0.2) is 25.0 Å². The van der Waals surface area contributed by atoms with E-state index in [1.807, 2.05) is 42.5 Å². The van der Waals surface area contributed by atoms with Gasteiger partial charge in [-0.2, -0.15) is 0 Å². The van der Waals surface area contributed by atoms with Gasteiger partial charge in [-0.15, -0.1) is 0 Å².